The van der Waals surface area contributed by atoms with E-state index in [1.165, 1.54) is 24.3 Å². The number of esters is 1. The van der Waals surface area contributed by atoms with Gasteiger partial charge in [-0.25, -0.2) is 4.79 Å². The normalized spacial score (nSPS) is 10.9. The van der Waals surface area contributed by atoms with E-state index in [1.54, 1.807) is 18.4 Å². The van der Waals surface area contributed by atoms with Crippen molar-refractivity contribution >= 4 is 11.8 Å². The predicted molar refractivity (Wildman–Crippen MR) is 99.4 cm³/mol. The third-order valence-corrected chi connectivity index (χ3v) is 4.42. The number of halogens is 2. The van der Waals surface area contributed by atoms with Crippen molar-refractivity contribution in [2.45, 2.75) is 27.0 Å². The summed E-state index contributed by atoms with van der Waals surface area (Å²) in [5.41, 5.74) is 2.21. The maximum atomic E-state index is 12.5. The summed E-state index contributed by atoms with van der Waals surface area (Å²) in [6.07, 6.45) is 1.58. The Balaban J connectivity index is 1.62. The number of benzene rings is 1. The molecule has 6 nitrogen and oxygen atoms in total. The van der Waals surface area contributed by atoms with Gasteiger partial charge in [-0.1, -0.05) is 0 Å². The first-order valence-corrected chi connectivity index (χ1v) is 8.79. The lowest BCUT2D eigenvalue weighted by molar-refractivity contribution is -0.0498. The smallest absolute Gasteiger partial charge is 0.387 e. The maximum Gasteiger partial charge on any atom is 0.387 e. The average Bonchev–Trinajstić information content (AvgIpc) is 3.30. The van der Waals surface area contributed by atoms with Crippen molar-refractivity contribution in [3.05, 3.63) is 77.0 Å². The van der Waals surface area contributed by atoms with Gasteiger partial charge in [-0.3, -0.25) is 4.79 Å². The molecule has 0 spiro atoms. The standard InChI is InChI=1S/C21H19F2NO5/c1-13-10-18(14(2)24(13)11-17-4-3-9-27-17)19(25)12-28-20(26)15-5-7-16(8-6-15)29-21(22)23/h3-10,21H,11-12H2,1-2H3. The second-order valence-electron chi connectivity index (χ2n) is 6.35. The highest BCUT2D eigenvalue weighted by Gasteiger charge is 2.18. The van der Waals surface area contributed by atoms with Gasteiger partial charge in [0.25, 0.3) is 0 Å². The molecule has 3 aromatic rings. The maximum absolute atomic E-state index is 12.5. The lowest BCUT2D eigenvalue weighted by Crippen LogP contribution is -2.15. The average molecular weight is 403 g/mol. The number of hydrogen-bond donors (Lipinski definition) is 0. The molecule has 1 aromatic carbocycles. The molecule has 0 aliphatic rings. The fourth-order valence-corrected chi connectivity index (χ4v) is 2.95. The van der Waals surface area contributed by atoms with E-state index in [0.29, 0.717) is 12.1 Å². The molecule has 0 atom stereocenters. The van der Waals surface area contributed by atoms with E-state index in [4.69, 9.17) is 9.15 Å². The van der Waals surface area contributed by atoms with Crippen LogP contribution in [0.3, 0.4) is 0 Å². The zero-order valence-electron chi connectivity index (χ0n) is 15.9. The Morgan fingerprint density at radius 3 is 2.48 bits per heavy atom. The van der Waals surface area contributed by atoms with Crippen molar-refractivity contribution in [1.29, 1.82) is 0 Å². The quantitative estimate of drug-likeness (QED) is 0.412. The fraction of sp³-hybridized carbons (Fsp3) is 0.238. The highest BCUT2D eigenvalue weighted by Crippen LogP contribution is 2.19. The molecule has 0 aliphatic heterocycles. The van der Waals surface area contributed by atoms with Crippen LogP contribution in [0.25, 0.3) is 0 Å². The molecule has 29 heavy (non-hydrogen) atoms. The van der Waals surface area contributed by atoms with Crippen LogP contribution in [0.4, 0.5) is 8.78 Å². The molecule has 3 rings (SSSR count). The van der Waals surface area contributed by atoms with Gasteiger partial charge in [0.05, 0.1) is 18.4 Å². The summed E-state index contributed by atoms with van der Waals surface area (Å²) in [6, 6.07) is 10.4. The topological polar surface area (TPSA) is 70.7 Å². The minimum atomic E-state index is -2.95. The first-order valence-electron chi connectivity index (χ1n) is 8.79. The van der Waals surface area contributed by atoms with Crippen LogP contribution in [0.1, 0.15) is 37.9 Å². The predicted octanol–water partition coefficient (Wildman–Crippen LogP) is 4.39. The third kappa shape index (κ3) is 4.90. The second kappa shape index (κ2) is 8.72. The van der Waals surface area contributed by atoms with Crippen molar-refractivity contribution in [2.24, 2.45) is 0 Å². The van der Waals surface area contributed by atoms with E-state index >= 15 is 0 Å². The number of rotatable bonds is 8. The Hall–Kier alpha value is -3.42. The molecular formula is C21H19F2NO5. The molecule has 0 aliphatic carbocycles. The Morgan fingerprint density at radius 1 is 1.14 bits per heavy atom. The molecular weight excluding hydrogens is 384 g/mol. The number of furan rings is 1. The Morgan fingerprint density at radius 2 is 1.86 bits per heavy atom. The lowest BCUT2D eigenvalue weighted by atomic mass is 10.1. The fourth-order valence-electron chi connectivity index (χ4n) is 2.95. The summed E-state index contributed by atoms with van der Waals surface area (Å²) in [7, 11) is 0. The molecule has 2 aromatic heterocycles. The number of alkyl halides is 2. The summed E-state index contributed by atoms with van der Waals surface area (Å²) in [4.78, 5) is 24.6. The van der Waals surface area contributed by atoms with Gasteiger partial charge >= 0.3 is 12.6 Å². The van der Waals surface area contributed by atoms with E-state index in [-0.39, 0.29) is 17.1 Å². The van der Waals surface area contributed by atoms with Crippen molar-refractivity contribution < 1.29 is 32.3 Å². The Kier molecular flexibility index (Phi) is 6.11. The number of ether oxygens (including phenoxy) is 2. The number of hydrogen-bond acceptors (Lipinski definition) is 5. The number of carbonyl (C=O) groups is 2. The van der Waals surface area contributed by atoms with Gasteiger partial charge in [-0.2, -0.15) is 8.78 Å². The van der Waals surface area contributed by atoms with Crippen LogP contribution in [-0.2, 0) is 11.3 Å². The molecule has 0 N–H and O–H groups in total. The van der Waals surface area contributed by atoms with Crippen LogP contribution < -0.4 is 4.74 Å². The highest BCUT2D eigenvalue weighted by atomic mass is 19.3. The third-order valence-electron chi connectivity index (χ3n) is 4.42. The van der Waals surface area contributed by atoms with Gasteiger partial charge < -0.3 is 18.5 Å². The number of Topliss-reactive ketones (excluding diaryl/α,β-unsaturated/α-hetero) is 1. The van der Waals surface area contributed by atoms with E-state index < -0.39 is 19.2 Å². The van der Waals surface area contributed by atoms with E-state index in [2.05, 4.69) is 4.74 Å². The van der Waals surface area contributed by atoms with Crippen molar-refractivity contribution in [2.75, 3.05) is 6.61 Å². The lowest BCUT2D eigenvalue weighted by Gasteiger charge is -2.08. The summed E-state index contributed by atoms with van der Waals surface area (Å²) in [6.45, 7) is 0.801. The van der Waals surface area contributed by atoms with E-state index in [0.717, 1.165) is 17.1 Å². The van der Waals surface area contributed by atoms with Gasteiger partial charge in [0, 0.05) is 17.0 Å². The molecule has 0 radical (unpaired) electrons. The van der Waals surface area contributed by atoms with Crippen LogP contribution in [0.15, 0.2) is 53.1 Å². The summed E-state index contributed by atoms with van der Waals surface area (Å²) in [5.74, 6) is -0.380. The molecule has 152 valence electrons. The van der Waals surface area contributed by atoms with Gasteiger partial charge in [-0.15, -0.1) is 0 Å². The van der Waals surface area contributed by atoms with Crippen LogP contribution in [0, 0.1) is 13.8 Å². The molecule has 8 heteroatoms. The minimum Gasteiger partial charge on any atom is -0.467 e. The largest absolute Gasteiger partial charge is 0.467 e. The van der Waals surface area contributed by atoms with Gasteiger partial charge in [0.15, 0.2) is 6.61 Å². The number of carbonyl (C=O) groups excluding carboxylic acids is 2. The first kappa shape index (κ1) is 20.3. The minimum absolute atomic E-state index is 0.0726. The zero-order chi connectivity index (χ0) is 21.0. The summed E-state index contributed by atoms with van der Waals surface area (Å²) in [5, 5.41) is 0. The monoisotopic (exact) mass is 403 g/mol. The number of aryl methyl sites for hydroxylation is 1. The van der Waals surface area contributed by atoms with Crippen LogP contribution in [-0.4, -0.2) is 29.5 Å². The van der Waals surface area contributed by atoms with Crippen molar-refractivity contribution in [3.8, 4) is 5.75 Å². The highest BCUT2D eigenvalue weighted by molar-refractivity contribution is 6.00. The van der Waals surface area contributed by atoms with E-state index in [1.807, 2.05) is 24.5 Å². The van der Waals surface area contributed by atoms with Crippen molar-refractivity contribution in [1.82, 2.24) is 4.57 Å². The number of ketones is 1. The van der Waals surface area contributed by atoms with E-state index in [9.17, 15) is 18.4 Å². The molecule has 0 saturated carbocycles. The van der Waals surface area contributed by atoms with Crippen molar-refractivity contribution in [3.63, 3.8) is 0 Å². The van der Waals surface area contributed by atoms with Crippen LogP contribution in [0.2, 0.25) is 0 Å². The van der Waals surface area contributed by atoms with Gasteiger partial charge in [-0.05, 0) is 56.3 Å². The Labute approximate surface area is 165 Å². The Bertz CT molecular complexity index is 991. The zero-order valence-corrected chi connectivity index (χ0v) is 15.9. The molecule has 2 heterocycles. The second-order valence-corrected chi connectivity index (χ2v) is 6.35. The molecule has 0 fully saturated rings. The molecule has 0 amide bonds. The molecule has 0 saturated heterocycles. The molecule has 0 bridgehead atoms. The number of aromatic nitrogens is 1. The first-order chi connectivity index (χ1) is 13.8. The number of nitrogens with zero attached hydrogens (tertiary/aromatic N) is 1. The van der Waals surface area contributed by atoms with Crippen LogP contribution >= 0.6 is 0 Å². The molecule has 0 unspecified atom stereocenters. The van der Waals surface area contributed by atoms with Gasteiger partial charge in [0.1, 0.15) is 11.5 Å². The SMILES string of the molecule is Cc1cc(C(=O)COC(=O)c2ccc(OC(F)F)cc2)c(C)n1Cc1ccco1. The summed E-state index contributed by atoms with van der Waals surface area (Å²) < 4.78 is 40.9. The van der Waals surface area contributed by atoms with Gasteiger partial charge in [0.2, 0.25) is 5.78 Å². The van der Waals surface area contributed by atoms with Crippen LogP contribution in [0.5, 0.6) is 5.75 Å². The summed E-state index contributed by atoms with van der Waals surface area (Å²) >= 11 is 0.